The van der Waals surface area contributed by atoms with Gasteiger partial charge in [-0.15, -0.1) is 0 Å². The summed E-state index contributed by atoms with van der Waals surface area (Å²) >= 11 is 0. The Kier molecular flexibility index (Phi) is 5.78. The van der Waals surface area contributed by atoms with Gasteiger partial charge in [-0.3, -0.25) is 4.79 Å². The third-order valence-corrected chi connectivity index (χ3v) is 3.97. The topological polar surface area (TPSA) is 55.4 Å². The fourth-order valence-corrected chi connectivity index (χ4v) is 2.75. The van der Waals surface area contributed by atoms with Gasteiger partial charge in [0.2, 0.25) is 0 Å². The van der Waals surface area contributed by atoms with E-state index in [0.29, 0.717) is 6.54 Å². The number of amides is 1. The molecule has 1 saturated carbocycles. The van der Waals surface area contributed by atoms with Gasteiger partial charge in [-0.25, -0.2) is 4.79 Å². The van der Waals surface area contributed by atoms with Gasteiger partial charge in [-0.2, -0.15) is 0 Å². The van der Waals surface area contributed by atoms with Crippen LogP contribution in [0.5, 0.6) is 0 Å². The Balaban J connectivity index is 1.74. The summed E-state index contributed by atoms with van der Waals surface area (Å²) in [5, 5.41) is 2.67. The average molecular weight is 289 g/mol. The van der Waals surface area contributed by atoms with Gasteiger partial charge in [0.05, 0.1) is 0 Å². The number of ether oxygens (including phenoxy) is 1. The quantitative estimate of drug-likeness (QED) is 0.903. The van der Waals surface area contributed by atoms with Gasteiger partial charge in [0.15, 0.2) is 11.9 Å². The average Bonchev–Trinajstić information content (AvgIpc) is 2.54. The van der Waals surface area contributed by atoms with Crippen molar-refractivity contribution in [1.29, 1.82) is 0 Å². The second kappa shape index (κ2) is 7.81. The Morgan fingerprint density at radius 1 is 1.19 bits per heavy atom. The predicted octanol–water partition coefficient (Wildman–Crippen LogP) is 3.45. The molecule has 1 aliphatic carbocycles. The maximum absolute atomic E-state index is 12.2. The molecule has 21 heavy (non-hydrogen) atoms. The van der Waals surface area contributed by atoms with Gasteiger partial charge in [0.25, 0.3) is 0 Å². The second-order valence-corrected chi connectivity index (χ2v) is 5.62. The fourth-order valence-electron chi connectivity index (χ4n) is 2.75. The van der Waals surface area contributed by atoms with Gasteiger partial charge >= 0.3 is 6.09 Å². The molecule has 0 aliphatic heterocycles. The van der Waals surface area contributed by atoms with Crippen LogP contribution in [0.4, 0.5) is 4.79 Å². The molecule has 0 bridgehead atoms. The zero-order chi connectivity index (χ0) is 15.1. The first kappa shape index (κ1) is 15.5. The van der Waals surface area contributed by atoms with Gasteiger partial charge in [-0.05, 0) is 25.3 Å². The lowest BCUT2D eigenvalue weighted by Gasteiger charge is -2.23. The van der Waals surface area contributed by atoms with Gasteiger partial charge < -0.3 is 10.1 Å². The van der Waals surface area contributed by atoms with E-state index < -0.39 is 12.2 Å². The highest BCUT2D eigenvalue weighted by Crippen LogP contribution is 2.25. The minimum Gasteiger partial charge on any atom is -0.439 e. The zero-order valence-electron chi connectivity index (χ0n) is 12.5. The lowest BCUT2D eigenvalue weighted by molar-refractivity contribution is -0.131. The number of rotatable bonds is 5. The van der Waals surface area contributed by atoms with E-state index in [0.717, 1.165) is 31.2 Å². The van der Waals surface area contributed by atoms with Gasteiger partial charge in [0, 0.05) is 12.5 Å². The molecule has 0 heterocycles. The fraction of sp³-hybridized carbons (Fsp3) is 0.529. The van der Waals surface area contributed by atoms with E-state index in [1.165, 1.54) is 6.42 Å². The van der Waals surface area contributed by atoms with Crippen LogP contribution in [0.3, 0.4) is 0 Å². The first-order chi connectivity index (χ1) is 10.2. The number of alkyl carbamates (subject to hydrolysis) is 1. The summed E-state index contributed by atoms with van der Waals surface area (Å²) in [5.41, 5.74) is 1.00. The van der Waals surface area contributed by atoms with Crippen molar-refractivity contribution in [3.63, 3.8) is 0 Å². The Morgan fingerprint density at radius 3 is 2.52 bits per heavy atom. The standard InChI is InChI=1S/C17H23NO3/c1-13(16(19)15-10-6-3-7-11-15)21-17(20)18-12-14-8-4-2-5-9-14/h2,4-5,8-9,13,15H,3,6-7,10-12H2,1H3,(H,18,20)/t13-/m0/s1. The number of ketones is 1. The molecular formula is C17H23NO3. The summed E-state index contributed by atoms with van der Waals surface area (Å²) in [5.74, 6) is 0.125. The molecule has 1 aromatic carbocycles. The number of carbonyl (C=O) groups excluding carboxylic acids is 2. The summed E-state index contributed by atoms with van der Waals surface area (Å²) in [7, 11) is 0. The van der Waals surface area contributed by atoms with Crippen LogP contribution in [0.25, 0.3) is 0 Å². The van der Waals surface area contributed by atoms with E-state index in [4.69, 9.17) is 4.74 Å². The molecule has 0 radical (unpaired) electrons. The van der Waals surface area contributed by atoms with Crippen molar-refractivity contribution in [2.45, 2.75) is 51.7 Å². The highest BCUT2D eigenvalue weighted by Gasteiger charge is 2.27. The van der Waals surface area contributed by atoms with Crippen molar-refractivity contribution < 1.29 is 14.3 Å². The van der Waals surface area contributed by atoms with Gasteiger partial charge in [-0.1, -0.05) is 49.6 Å². The van der Waals surface area contributed by atoms with E-state index in [9.17, 15) is 9.59 Å². The normalized spacial score (nSPS) is 17.0. The number of hydrogen-bond acceptors (Lipinski definition) is 3. The maximum Gasteiger partial charge on any atom is 0.408 e. The molecule has 114 valence electrons. The molecule has 2 rings (SSSR count). The molecule has 1 aliphatic rings. The molecule has 0 unspecified atom stereocenters. The molecule has 0 spiro atoms. The first-order valence-electron chi connectivity index (χ1n) is 7.69. The summed E-state index contributed by atoms with van der Waals surface area (Å²) in [6.45, 7) is 2.07. The molecule has 1 amide bonds. The first-order valence-corrected chi connectivity index (χ1v) is 7.69. The van der Waals surface area contributed by atoms with Crippen LogP contribution in [0.1, 0.15) is 44.6 Å². The molecule has 1 aromatic rings. The lowest BCUT2D eigenvalue weighted by atomic mass is 9.85. The van der Waals surface area contributed by atoms with Crippen LogP contribution in [-0.4, -0.2) is 18.0 Å². The third-order valence-electron chi connectivity index (χ3n) is 3.97. The number of hydrogen-bond donors (Lipinski definition) is 1. The number of Topliss-reactive ketones (excluding diaryl/α,β-unsaturated/α-hetero) is 1. The minimum atomic E-state index is -0.663. The Labute approximate surface area is 125 Å². The SMILES string of the molecule is C[C@H](OC(=O)NCc1ccccc1)C(=O)C1CCCCC1. The third kappa shape index (κ3) is 4.88. The minimum absolute atomic E-state index is 0.0598. The smallest absolute Gasteiger partial charge is 0.408 e. The molecule has 4 heteroatoms. The predicted molar refractivity (Wildman–Crippen MR) is 80.8 cm³/mol. The summed E-state index contributed by atoms with van der Waals surface area (Å²) in [4.78, 5) is 23.9. The largest absolute Gasteiger partial charge is 0.439 e. The highest BCUT2D eigenvalue weighted by molar-refractivity contribution is 5.87. The molecule has 1 N–H and O–H groups in total. The zero-order valence-corrected chi connectivity index (χ0v) is 12.5. The second-order valence-electron chi connectivity index (χ2n) is 5.62. The molecule has 1 atom stereocenters. The van der Waals surface area contributed by atoms with Crippen molar-refractivity contribution in [1.82, 2.24) is 5.32 Å². The van der Waals surface area contributed by atoms with Crippen molar-refractivity contribution in [3.8, 4) is 0 Å². The number of carbonyl (C=O) groups is 2. The van der Waals surface area contributed by atoms with Crippen molar-refractivity contribution in [2.75, 3.05) is 0 Å². The molecule has 4 nitrogen and oxygen atoms in total. The molecule has 0 saturated heterocycles. The van der Waals surface area contributed by atoms with Crippen LogP contribution < -0.4 is 5.32 Å². The van der Waals surface area contributed by atoms with Crippen LogP contribution in [0.15, 0.2) is 30.3 Å². The number of nitrogens with one attached hydrogen (secondary N) is 1. The van der Waals surface area contributed by atoms with Crippen LogP contribution in [0.2, 0.25) is 0 Å². The van der Waals surface area contributed by atoms with Crippen LogP contribution in [-0.2, 0) is 16.1 Å². The molecule has 1 fully saturated rings. The monoisotopic (exact) mass is 289 g/mol. The molecular weight excluding hydrogens is 266 g/mol. The summed E-state index contributed by atoms with van der Waals surface area (Å²) < 4.78 is 5.19. The summed E-state index contributed by atoms with van der Waals surface area (Å²) in [6.07, 6.45) is 4.07. The Hall–Kier alpha value is -1.84. The van der Waals surface area contributed by atoms with Crippen LogP contribution >= 0.6 is 0 Å². The van der Waals surface area contributed by atoms with E-state index in [1.54, 1.807) is 6.92 Å². The molecule has 0 aromatic heterocycles. The summed E-state index contributed by atoms with van der Waals surface area (Å²) in [6, 6.07) is 9.61. The van der Waals surface area contributed by atoms with Crippen molar-refractivity contribution in [2.24, 2.45) is 5.92 Å². The Morgan fingerprint density at radius 2 is 1.86 bits per heavy atom. The van der Waals surface area contributed by atoms with Gasteiger partial charge in [0.1, 0.15) is 0 Å². The van der Waals surface area contributed by atoms with E-state index in [1.807, 2.05) is 30.3 Å². The van der Waals surface area contributed by atoms with E-state index in [-0.39, 0.29) is 11.7 Å². The number of benzene rings is 1. The van der Waals surface area contributed by atoms with E-state index in [2.05, 4.69) is 5.32 Å². The maximum atomic E-state index is 12.2. The van der Waals surface area contributed by atoms with E-state index >= 15 is 0 Å². The van der Waals surface area contributed by atoms with Crippen molar-refractivity contribution in [3.05, 3.63) is 35.9 Å². The Bertz CT molecular complexity index is 466. The highest BCUT2D eigenvalue weighted by atomic mass is 16.6. The lowest BCUT2D eigenvalue weighted by Crippen LogP contribution is -2.35. The van der Waals surface area contributed by atoms with Crippen molar-refractivity contribution >= 4 is 11.9 Å². The van der Waals surface area contributed by atoms with Crippen LogP contribution in [0, 0.1) is 5.92 Å².